The van der Waals surface area contributed by atoms with E-state index in [9.17, 15) is 13.2 Å². The van der Waals surface area contributed by atoms with Crippen LogP contribution >= 0.6 is 0 Å². The van der Waals surface area contributed by atoms with Gasteiger partial charge in [0.25, 0.3) is 0 Å². The molecule has 0 saturated heterocycles. The molecule has 0 radical (unpaired) electrons. The molecule has 0 aliphatic rings. The van der Waals surface area contributed by atoms with E-state index in [2.05, 4.69) is 4.98 Å². The second-order valence-corrected chi connectivity index (χ2v) is 7.49. The molecule has 6 heteroatoms. The molecule has 0 amide bonds. The lowest BCUT2D eigenvalue weighted by Crippen LogP contribution is -2.23. The first kappa shape index (κ1) is 17.1. The van der Waals surface area contributed by atoms with Crippen LogP contribution in [0.4, 0.5) is 5.69 Å². The highest BCUT2D eigenvalue weighted by Crippen LogP contribution is 2.26. The van der Waals surface area contributed by atoms with E-state index in [0.717, 1.165) is 5.69 Å². The molecule has 0 saturated carbocycles. The molecular weight excluding hydrogens is 312 g/mol. The molecule has 0 N–H and O–H groups in total. The number of hydrogen-bond donors (Lipinski definition) is 0. The molecule has 2 aromatic rings. The van der Waals surface area contributed by atoms with Crippen LogP contribution in [0.25, 0.3) is 0 Å². The summed E-state index contributed by atoms with van der Waals surface area (Å²) in [5.74, 6) is -0.0931. The average Bonchev–Trinajstić information content (AvgIpc) is 2.52. The molecule has 23 heavy (non-hydrogen) atoms. The topological polar surface area (TPSA) is 67.3 Å². The van der Waals surface area contributed by atoms with Crippen molar-refractivity contribution in [2.45, 2.75) is 18.2 Å². The number of anilines is 1. The number of likely N-dealkylation sites (N-methyl/N-ethyl adjacent to an activating group) is 1. The molecule has 0 bridgehead atoms. The number of rotatable bonds is 6. The maximum Gasteiger partial charge on any atom is 0.177 e. The Morgan fingerprint density at radius 1 is 1.22 bits per heavy atom. The smallest absolute Gasteiger partial charge is 0.177 e. The summed E-state index contributed by atoms with van der Waals surface area (Å²) in [6.07, 6.45) is 3.59. The highest BCUT2D eigenvalue weighted by atomic mass is 32.2. The summed E-state index contributed by atoms with van der Waals surface area (Å²) in [5, 5.41) is 0. The van der Waals surface area contributed by atoms with Crippen LogP contribution < -0.4 is 4.90 Å². The summed E-state index contributed by atoms with van der Waals surface area (Å²) in [6.45, 7) is 2.06. The second kappa shape index (κ2) is 6.91. The lowest BCUT2D eigenvalue weighted by atomic mass is 10.1. The number of aromatic nitrogens is 1. The van der Waals surface area contributed by atoms with Gasteiger partial charge in [0.15, 0.2) is 15.6 Å². The number of carbonyl (C=O) groups excluding carboxylic acids is 1. The quantitative estimate of drug-likeness (QED) is 0.760. The first-order valence-electron chi connectivity index (χ1n) is 7.25. The molecular formula is C17H20N2O3S. The van der Waals surface area contributed by atoms with Gasteiger partial charge in [0.2, 0.25) is 0 Å². The van der Waals surface area contributed by atoms with Crippen molar-refractivity contribution in [1.82, 2.24) is 4.98 Å². The van der Waals surface area contributed by atoms with E-state index in [1.165, 1.54) is 19.2 Å². The monoisotopic (exact) mass is 332 g/mol. The molecule has 0 unspecified atom stereocenters. The zero-order valence-electron chi connectivity index (χ0n) is 13.5. The summed E-state index contributed by atoms with van der Waals surface area (Å²) in [5.41, 5.74) is 1.97. The van der Waals surface area contributed by atoms with Crippen LogP contribution in [0.3, 0.4) is 0 Å². The number of nitrogens with zero attached hydrogens (tertiary/aromatic N) is 2. The normalized spacial score (nSPS) is 11.3. The van der Waals surface area contributed by atoms with Crippen molar-refractivity contribution in [2.24, 2.45) is 0 Å². The van der Waals surface area contributed by atoms with Crippen LogP contribution in [-0.2, 0) is 16.3 Å². The number of benzene rings is 1. The Morgan fingerprint density at radius 3 is 2.52 bits per heavy atom. The molecule has 0 aliphatic carbocycles. The first-order chi connectivity index (χ1) is 10.8. The van der Waals surface area contributed by atoms with E-state index >= 15 is 0 Å². The van der Waals surface area contributed by atoms with Gasteiger partial charge < -0.3 is 4.90 Å². The third kappa shape index (κ3) is 4.39. The Kier molecular flexibility index (Phi) is 5.15. The van der Waals surface area contributed by atoms with Crippen molar-refractivity contribution in [1.29, 1.82) is 0 Å². The van der Waals surface area contributed by atoms with Crippen LogP contribution in [0.5, 0.6) is 0 Å². The average molecular weight is 332 g/mol. The number of Topliss-reactive ketones (excluding diaryl/α,β-unsaturated/α-hetero) is 1. The molecule has 1 aromatic carbocycles. The first-order valence-corrected chi connectivity index (χ1v) is 9.14. The third-order valence-electron chi connectivity index (χ3n) is 3.61. The Balaban J connectivity index is 2.31. The number of hydrogen-bond acceptors (Lipinski definition) is 5. The molecule has 0 fully saturated rings. The lowest BCUT2D eigenvalue weighted by Gasteiger charge is -2.22. The van der Waals surface area contributed by atoms with Crippen molar-refractivity contribution in [3.63, 3.8) is 0 Å². The van der Waals surface area contributed by atoms with Crippen LogP contribution in [0, 0.1) is 0 Å². The Bertz CT molecular complexity index is 802. The van der Waals surface area contributed by atoms with Crippen molar-refractivity contribution >= 4 is 21.3 Å². The minimum atomic E-state index is -3.37. The molecule has 0 spiro atoms. The summed E-state index contributed by atoms with van der Waals surface area (Å²) >= 11 is 0. The van der Waals surface area contributed by atoms with Gasteiger partial charge in [0, 0.05) is 43.7 Å². The van der Waals surface area contributed by atoms with Gasteiger partial charge in [-0.1, -0.05) is 6.07 Å². The Labute approximate surface area is 136 Å². The number of carbonyl (C=O) groups is 1. The Hall–Kier alpha value is -2.21. The predicted octanol–water partition coefficient (Wildman–Crippen LogP) is 2.37. The maximum atomic E-state index is 12.0. The van der Waals surface area contributed by atoms with Crippen LogP contribution in [0.15, 0.2) is 47.5 Å². The van der Waals surface area contributed by atoms with Gasteiger partial charge >= 0.3 is 0 Å². The van der Waals surface area contributed by atoms with Gasteiger partial charge in [-0.15, -0.1) is 0 Å². The van der Waals surface area contributed by atoms with Crippen molar-refractivity contribution < 1.29 is 13.2 Å². The van der Waals surface area contributed by atoms with Gasteiger partial charge in [-0.25, -0.2) is 8.42 Å². The minimum Gasteiger partial charge on any atom is -0.373 e. The molecule has 1 aromatic heterocycles. The largest absolute Gasteiger partial charge is 0.373 e. The number of ketones is 1. The minimum absolute atomic E-state index is 0.0931. The zero-order valence-corrected chi connectivity index (χ0v) is 14.3. The summed E-state index contributed by atoms with van der Waals surface area (Å²) < 4.78 is 24.0. The molecule has 1 heterocycles. The van der Waals surface area contributed by atoms with Crippen LogP contribution in [0.1, 0.15) is 23.0 Å². The number of sulfone groups is 1. The van der Waals surface area contributed by atoms with E-state index in [1.807, 2.05) is 30.1 Å². The van der Waals surface area contributed by atoms with Gasteiger partial charge in [-0.3, -0.25) is 9.78 Å². The molecule has 0 aliphatic heterocycles. The Morgan fingerprint density at radius 2 is 1.96 bits per heavy atom. The fourth-order valence-electron chi connectivity index (χ4n) is 2.30. The molecule has 2 rings (SSSR count). The standard InChI is InChI=1S/C17H20N2O3S/c1-13(20)14-7-8-17(23(3,21)22)16(12-14)19(2)11-9-15-6-4-5-10-18-15/h4-8,10,12H,9,11H2,1-3H3. The van der Waals surface area contributed by atoms with E-state index in [1.54, 1.807) is 18.3 Å². The van der Waals surface area contributed by atoms with E-state index in [-0.39, 0.29) is 10.7 Å². The van der Waals surface area contributed by atoms with Crippen molar-refractivity contribution in [2.75, 3.05) is 24.7 Å². The maximum absolute atomic E-state index is 12.0. The van der Waals surface area contributed by atoms with Crippen LogP contribution in [0.2, 0.25) is 0 Å². The lowest BCUT2D eigenvalue weighted by molar-refractivity contribution is 0.101. The van der Waals surface area contributed by atoms with E-state index in [4.69, 9.17) is 0 Å². The van der Waals surface area contributed by atoms with Gasteiger partial charge in [0.05, 0.1) is 10.6 Å². The zero-order chi connectivity index (χ0) is 17.0. The predicted molar refractivity (Wildman–Crippen MR) is 90.8 cm³/mol. The SMILES string of the molecule is CC(=O)c1ccc(S(C)(=O)=O)c(N(C)CCc2ccccn2)c1. The van der Waals surface area contributed by atoms with Gasteiger partial charge in [-0.2, -0.15) is 0 Å². The van der Waals surface area contributed by atoms with Crippen LogP contribution in [-0.4, -0.2) is 39.0 Å². The third-order valence-corrected chi connectivity index (χ3v) is 4.75. The summed E-state index contributed by atoms with van der Waals surface area (Å²) in [4.78, 5) is 17.9. The van der Waals surface area contributed by atoms with Crippen molar-refractivity contribution in [3.8, 4) is 0 Å². The fraction of sp³-hybridized carbons (Fsp3) is 0.294. The fourth-order valence-corrected chi connectivity index (χ4v) is 3.21. The highest BCUT2D eigenvalue weighted by Gasteiger charge is 2.18. The molecule has 5 nitrogen and oxygen atoms in total. The summed E-state index contributed by atoms with van der Waals surface area (Å²) in [6, 6.07) is 10.4. The summed E-state index contributed by atoms with van der Waals surface area (Å²) in [7, 11) is -1.56. The highest BCUT2D eigenvalue weighted by molar-refractivity contribution is 7.90. The second-order valence-electron chi connectivity index (χ2n) is 5.50. The van der Waals surface area contributed by atoms with Gasteiger partial charge in [-0.05, 0) is 37.3 Å². The number of pyridine rings is 1. The van der Waals surface area contributed by atoms with E-state index in [0.29, 0.717) is 24.2 Å². The van der Waals surface area contributed by atoms with Crippen molar-refractivity contribution in [3.05, 3.63) is 53.9 Å². The van der Waals surface area contributed by atoms with E-state index < -0.39 is 9.84 Å². The van der Waals surface area contributed by atoms with Gasteiger partial charge in [0.1, 0.15) is 0 Å². The molecule has 122 valence electrons. The molecule has 0 atom stereocenters.